The van der Waals surface area contributed by atoms with Crippen LogP contribution >= 0.6 is 0 Å². The van der Waals surface area contributed by atoms with E-state index in [1.165, 1.54) is 12.1 Å². The molecule has 0 atom stereocenters. The molecule has 0 radical (unpaired) electrons. The Morgan fingerprint density at radius 2 is 1.31 bits per heavy atom. The molecule has 0 aliphatic rings. The SMILES string of the molecule is O=[N+]([O-])c1ccc(-n2c(-c3ccccc3)cc(/C=N/Nc3ccccc3)c2-c2ccccc2)cc1. The molecule has 5 rings (SSSR count). The number of hydrogen-bond acceptors (Lipinski definition) is 4. The van der Waals surface area contributed by atoms with Crippen LogP contribution in [0.5, 0.6) is 0 Å². The van der Waals surface area contributed by atoms with E-state index in [0.29, 0.717) is 0 Å². The largest absolute Gasteiger partial charge is 0.309 e. The van der Waals surface area contributed by atoms with Gasteiger partial charge in [-0.3, -0.25) is 15.5 Å². The summed E-state index contributed by atoms with van der Waals surface area (Å²) in [6.07, 6.45) is 1.81. The third-order valence-electron chi connectivity index (χ3n) is 5.64. The third-order valence-corrected chi connectivity index (χ3v) is 5.64. The van der Waals surface area contributed by atoms with Crippen LogP contribution in [0.4, 0.5) is 11.4 Å². The fraction of sp³-hybridized carbons (Fsp3) is 0. The lowest BCUT2D eigenvalue weighted by Crippen LogP contribution is -2.01. The smallest absolute Gasteiger partial charge is 0.269 e. The maximum Gasteiger partial charge on any atom is 0.269 e. The summed E-state index contributed by atoms with van der Waals surface area (Å²) in [5.41, 5.74) is 9.70. The highest BCUT2D eigenvalue weighted by molar-refractivity contribution is 5.94. The Morgan fingerprint density at radius 1 is 0.743 bits per heavy atom. The molecule has 0 amide bonds. The lowest BCUT2D eigenvalue weighted by atomic mass is 10.1. The van der Waals surface area contributed by atoms with Crippen molar-refractivity contribution in [3.8, 4) is 28.2 Å². The van der Waals surface area contributed by atoms with E-state index < -0.39 is 0 Å². The number of hydrogen-bond donors (Lipinski definition) is 1. The number of anilines is 1. The van der Waals surface area contributed by atoms with Crippen molar-refractivity contribution < 1.29 is 4.92 Å². The summed E-state index contributed by atoms with van der Waals surface area (Å²) >= 11 is 0. The van der Waals surface area contributed by atoms with E-state index >= 15 is 0 Å². The van der Waals surface area contributed by atoms with Crippen molar-refractivity contribution in [2.45, 2.75) is 0 Å². The van der Waals surface area contributed by atoms with Crippen LogP contribution in [-0.4, -0.2) is 15.7 Å². The highest BCUT2D eigenvalue weighted by atomic mass is 16.6. The predicted molar refractivity (Wildman–Crippen MR) is 141 cm³/mol. The van der Waals surface area contributed by atoms with Gasteiger partial charge in [0.15, 0.2) is 0 Å². The van der Waals surface area contributed by atoms with Crippen LogP contribution in [0, 0.1) is 10.1 Å². The van der Waals surface area contributed by atoms with Crippen molar-refractivity contribution in [1.29, 1.82) is 0 Å². The Labute approximate surface area is 203 Å². The van der Waals surface area contributed by atoms with Gasteiger partial charge >= 0.3 is 0 Å². The molecule has 1 heterocycles. The highest BCUT2D eigenvalue weighted by Gasteiger charge is 2.19. The van der Waals surface area contributed by atoms with E-state index in [2.05, 4.69) is 33.3 Å². The van der Waals surface area contributed by atoms with Gasteiger partial charge in [0.1, 0.15) is 0 Å². The van der Waals surface area contributed by atoms with E-state index in [1.54, 1.807) is 12.1 Å². The predicted octanol–water partition coefficient (Wildman–Crippen LogP) is 7.17. The second kappa shape index (κ2) is 9.89. The standard InChI is InChI=1S/C29H22N4O2/c34-33(35)27-18-16-26(17-19-27)32-28(22-10-4-1-5-11-22)20-24(29(32)23-12-6-2-7-13-23)21-30-31-25-14-8-3-9-15-25/h1-21,31H/b30-21+. The molecule has 1 N–H and O–H groups in total. The molecule has 6 nitrogen and oxygen atoms in total. The zero-order valence-electron chi connectivity index (χ0n) is 18.8. The average molecular weight is 459 g/mol. The van der Waals surface area contributed by atoms with Crippen LogP contribution in [0.15, 0.2) is 126 Å². The lowest BCUT2D eigenvalue weighted by molar-refractivity contribution is -0.384. The van der Waals surface area contributed by atoms with Gasteiger partial charge in [0.05, 0.1) is 28.2 Å². The fourth-order valence-electron chi connectivity index (χ4n) is 4.02. The van der Waals surface area contributed by atoms with E-state index in [-0.39, 0.29) is 10.6 Å². The third kappa shape index (κ3) is 4.72. The molecule has 0 spiro atoms. The maximum atomic E-state index is 11.2. The Kier molecular flexibility index (Phi) is 6.17. The number of hydrazone groups is 1. The summed E-state index contributed by atoms with van der Waals surface area (Å²) in [5, 5.41) is 15.7. The van der Waals surface area contributed by atoms with Gasteiger partial charge in [-0.05, 0) is 41.5 Å². The van der Waals surface area contributed by atoms with Crippen molar-refractivity contribution in [2.24, 2.45) is 5.10 Å². The molecule has 0 bridgehead atoms. The van der Waals surface area contributed by atoms with Crippen LogP contribution < -0.4 is 5.43 Å². The molecule has 0 fully saturated rings. The molecule has 35 heavy (non-hydrogen) atoms. The van der Waals surface area contributed by atoms with Crippen LogP contribution in [0.3, 0.4) is 0 Å². The summed E-state index contributed by atoms with van der Waals surface area (Å²) in [5.74, 6) is 0. The Bertz CT molecular complexity index is 1460. The first-order valence-corrected chi connectivity index (χ1v) is 11.2. The van der Waals surface area contributed by atoms with E-state index in [0.717, 1.165) is 39.5 Å². The lowest BCUT2D eigenvalue weighted by Gasteiger charge is -2.15. The van der Waals surface area contributed by atoms with E-state index in [4.69, 9.17) is 0 Å². The first kappa shape index (κ1) is 21.9. The fourth-order valence-corrected chi connectivity index (χ4v) is 4.02. The number of nitrogens with zero attached hydrogens (tertiary/aromatic N) is 3. The molecule has 0 aliphatic carbocycles. The van der Waals surface area contributed by atoms with Crippen LogP contribution in [-0.2, 0) is 0 Å². The van der Waals surface area contributed by atoms with Gasteiger partial charge in [-0.1, -0.05) is 78.9 Å². The van der Waals surface area contributed by atoms with Crippen molar-refractivity contribution >= 4 is 17.6 Å². The first-order valence-electron chi connectivity index (χ1n) is 11.2. The van der Waals surface area contributed by atoms with Crippen molar-refractivity contribution in [2.75, 3.05) is 5.43 Å². The average Bonchev–Trinajstić information content (AvgIpc) is 3.30. The number of nitro groups is 1. The molecule has 6 heteroatoms. The summed E-state index contributed by atoms with van der Waals surface area (Å²) in [7, 11) is 0. The molecule has 0 aliphatic heterocycles. The van der Waals surface area contributed by atoms with Gasteiger partial charge in [0.2, 0.25) is 0 Å². The number of benzene rings is 4. The van der Waals surface area contributed by atoms with Gasteiger partial charge in [-0.15, -0.1) is 0 Å². The van der Waals surface area contributed by atoms with E-state index in [9.17, 15) is 10.1 Å². The minimum absolute atomic E-state index is 0.0530. The maximum absolute atomic E-state index is 11.2. The summed E-state index contributed by atoms with van der Waals surface area (Å²) in [6.45, 7) is 0. The Morgan fingerprint density at radius 3 is 1.91 bits per heavy atom. The Balaban J connectivity index is 1.70. The minimum atomic E-state index is -0.386. The second-order valence-corrected chi connectivity index (χ2v) is 7.91. The normalized spacial score (nSPS) is 11.0. The molecular formula is C29H22N4O2. The number of aromatic nitrogens is 1. The minimum Gasteiger partial charge on any atom is -0.309 e. The molecule has 5 aromatic rings. The van der Waals surface area contributed by atoms with Gasteiger partial charge < -0.3 is 4.57 Å². The molecule has 0 unspecified atom stereocenters. The first-order chi connectivity index (χ1) is 17.2. The second-order valence-electron chi connectivity index (χ2n) is 7.91. The molecule has 4 aromatic carbocycles. The highest BCUT2D eigenvalue weighted by Crippen LogP contribution is 2.35. The van der Waals surface area contributed by atoms with Crippen LogP contribution in [0.1, 0.15) is 5.56 Å². The van der Waals surface area contributed by atoms with Gasteiger partial charge in [-0.2, -0.15) is 5.10 Å². The summed E-state index contributed by atoms with van der Waals surface area (Å²) in [4.78, 5) is 10.9. The monoisotopic (exact) mass is 458 g/mol. The summed E-state index contributed by atoms with van der Waals surface area (Å²) in [6, 6.07) is 38.6. The van der Waals surface area contributed by atoms with Gasteiger partial charge in [0, 0.05) is 23.4 Å². The number of nitrogens with one attached hydrogen (secondary N) is 1. The van der Waals surface area contributed by atoms with Gasteiger partial charge in [0.25, 0.3) is 5.69 Å². The molecule has 0 saturated heterocycles. The number of nitro benzene ring substituents is 1. The van der Waals surface area contributed by atoms with Gasteiger partial charge in [-0.25, -0.2) is 0 Å². The number of para-hydroxylation sites is 1. The van der Waals surface area contributed by atoms with Crippen molar-refractivity contribution in [1.82, 2.24) is 4.57 Å². The van der Waals surface area contributed by atoms with Crippen LogP contribution in [0.25, 0.3) is 28.2 Å². The quantitative estimate of drug-likeness (QED) is 0.160. The molecule has 1 aromatic heterocycles. The Hall–Kier alpha value is -4.97. The number of non-ortho nitro benzene ring substituents is 1. The zero-order chi connectivity index (χ0) is 24.0. The number of rotatable bonds is 7. The summed E-state index contributed by atoms with van der Waals surface area (Å²) < 4.78 is 2.12. The topological polar surface area (TPSA) is 72.5 Å². The molecular weight excluding hydrogens is 436 g/mol. The van der Waals surface area contributed by atoms with E-state index in [1.807, 2.05) is 85.1 Å². The zero-order valence-corrected chi connectivity index (χ0v) is 18.8. The van der Waals surface area contributed by atoms with Crippen molar-refractivity contribution in [3.63, 3.8) is 0 Å². The van der Waals surface area contributed by atoms with Crippen LogP contribution in [0.2, 0.25) is 0 Å². The van der Waals surface area contributed by atoms with Crippen molar-refractivity contribution in [3.05, 3.63) is 137 Å². The molecule has 0 saturated carbocycles. The molecule has 170 valence electrons.